The summed E-state index contributed by atoms with van der Waals surface area (Å²) in [6.45, 7) is 3.34. The van der Waals surface area contributed by atoms with Crippen molar-refractivity contribution in [3.8, 4) is 11.5 Å². The molecule has 0 amide bonds. The molecular formula is C11H18ClNO3. The fourth-order valence-electron chi connectivity index (χ4n) is 1.28. The van der Waals surface area contributed by atoms with Crippen LogP contribution in [0.3, 0.4) is 0 Å². The maximum Gasteiger partial charge on any atom is 0.157 e. The molecule has 0 saturated heterocycles. The molecule has 0 bridgehead atoms. The molecule has 0 radical (unpaired) electrons. The number of phenolic OH excluding ortho intramolecular Hbond substituents is 2. The minimum atomic E-state index is -0.664. The quantitative estimate of drug-likeness (QED) is 0.471. The van der Waals surface area contributed by atoms with Crippen LogP contribution in [0.4, 0.5) is 0 Å². The molecule has 1 aromatic carbocycles. The van der Waals surface area contributed by atoms with Crippen LogP contribution in [0.5, 0.6) is 11.5 Å². The second-order valence-corrected chi connectivity index (χ2v) is 3.47. The Morgan fingerprint density at radius 3 is 2.50 bits per heavy atom. The molecule has 0 aliphatic carbocycles. The molecule has 1 aromatic rings. The van der Waals surface area contributed by atoms with Gasteiger partial charge in [-0.25, -0.2) is 0 Å². The van der Waals surface area contributed by atoms with Gasteiger partial charge in [0, 0.05) is 6.54 Å². The van der Waals surface area contributed by atoms with Crippen molar-refractivity contribution in [1.29, 1.82) is 0 Å². The van der Waals surface area contributed by atoms with Crippen LogP contribution in [0.15, 0.2) is 18.2 Å². The minimum Gasteiger partial charge on any atom is -0.504 e. The zero-order valence-electron chi connectivity index (χ0n) is 9.18. The van der Waals surface area contributed by atoms with Crippen LogP contribution in [0, 0.1) is 0 Å². The first-order valence-electron chi connectivity index (χ1n) is 5.05. The Hall–Kier alpha value is -0.970. The first-order valence-corrected chi connectivity index (χ1v) is 5.05. The van der Waals surface area contributed by atoms with Crippen LogP contribution in [0.2, 0.25) is 0 Å². The number of aliphatic hydroxyl groups is 1. The molecule has 0 heterocycles. The van der Waals surface area contributed by atoms with Crippen molar-refractivity contribution in [1.82, 2.24) is 5.32 Å². The van der Waals surface area contributed by atoms with Crippen molar-refractivity contribution in [2.75, 3.05) is 13.1 Å². The first kappa shape index (κ1) is 15.0. The molecule has 0 aromatic heterocycles. The van der Waals surface area contributed by atoms with Crippen LogP contribution < -0.4 is 5.32 Å². The summed E-state index contributed by atoms with van der Waals surface area (Å²) in [6, 6.07) is 4.33. The molecule has 0 aliphatic heterocycles. The predicted octanol–water partition coefficient (Wildman–Crippen LogP) is 1.55. The lowest BCUT2D eigenvalue weighted by atomic mass is 10.1. The zero-order chi connectivity index (χ0) is 11.3. The Bertz CT molecular complexity index is 320. The number of aliphatic hydroxyl groups excluding tert-OH is 1. The van der Waals surface area contributed by atoms with E-state index < -0.39 is 6.10 Å². The predicted molar refractivity (Wildman–Crippen MR) is 65.1 cm³/mol. The number of hydrogen-bond acceptors (Lipinski definition) is 4. The number of nitrogens with one attached hydrogen (secondary N) is 1. The average Bonchev–Trinajstić information content (AvgIpc) is 2.22. The summed E-state index contributed by atoms with van der Waals surface area (Å²) in [7, 11) is 0. The van der Waals surface area contributed by atoms with Gasteiger partial charge in [-0.15, -0.1) is 12.4 Å². The van der Waals surface area contributed by atoms with Gasteiger partial charge in [0.2, 0.25) is 0 Å². The van der Waals surface area contributed by atoms with E-state index in [1.165, 1.54) is 12.1 Å². The number of halogens is 1. The van der Waals surface area contributed by atoms with Gasteiger partial charge in [-0.3, -0.25) is 0 Å². The summed E-state index contributed by atoms with van der Waals surface area (Å²) >= 11 is 0. The van der Waals surface area contributed by atoms with Crippen LogP contribution in [0.1, 0.15) is 25.0 Å². The summed E-state index contributed by atoms with van der Waals surface area (Å²) in [5.74, 6) is -0.380. The van der Waals surface area contributed by atoms with Gasteiger partial charge in [0.15, 0.2) is 11.5 Å². The molecule has 16 heavy (non-hydrogen) atoms. The Labute approximate surface area is 101 Å². The highest BCUT2D eigenvalue weighted by Crippen LogP contribution is 2.27. The summed E-state index contributed by atoms with van der Waals surface area (Å²) in [5.41, 5.74) is 0.592. The molecular weight excluding hydrogens is 230 g/mol. The number of benzene rings is 1. The standard InChI is InChI=1S/C11H17NO3.ClH/c1-2-5-12-7-11(15)8-3-4-9(13)10(14)6-8;/h3-4,6,11-15H,2,5,7H2,1H3;1H/t11-;/m1./s1. The van der Waals surface area contributed by atoms with Crippen LogP contribution in [-0.2, 0) is 0 Å². The van der Waals surface area contributed by atoms with Gasteiger partial charge < -0.3 is 20.6 Å². The first-order chi connectivity index (χ1) is 7.15. The van der Waals surface area contributed by atoms with E-state index in [1.807, 2.05) is 6.92 Å². The molecule has 0 aliphatic rings. The normalized spacial score (nSPS) is 11.9. The third-order valence-electron chi connectivity index (χ3n) is 2.15. The van der Waals surface area contributed by atoms with Crippen molar-refractivity contribution >= 4 is 12.4 Å². The highest BCUT2D eigenvalue weighted by Gasteiger charge is 2.09. The fraction of sp³-hybridized carbons (Fsp3) is 0.455. The van der Waals surface area contributed by atoms with E-state index in [1.54, 1.807) is 6.07 Å². The molecule has 5 heteroatoms. The third-order valence-corrected chi connectivity index (χ3v) is 2.15. The molecule has 0 fully saturated rings. The largest absolute Gasteiger partial charge is 0.504 e. The van der Waals surface area contributed by atoms with Gasteiger partial charge >= 0.3 is 0 Å². The van der Waals surface area contributed by atoms with Gasteiger partial charge in [0.05, 0.1) is 6.10 Å². The van der Waals surface area contributed by atoms with E-state index in [4.69, 9.17) is 5.11 Å². The van der Waals surface area contributed by atoms with Crippen molar-refractivity contribution in [3.05, 3.63) is 23.8 Å². The maximum atomic E-state index is 9.71. The number of aromatic hydroxyl groups is 2. The molecule has 0 saturated carbocycles. The Kier molecular flexibility index (Phi) is 6.88. The van der Waals surface area contributed by atoms with Crippen molar-refractivity contribution in [3.63, 3.8) is 0 Å². The molecule has 0 unspecified atom stereocenters. The smallest absolute Gasteiger partial charge is 0.157 e. The molecule has 4 N–H and O–H groups in total. The Balaban J connectivity index is 0.00000225. The van der Waals surface area contributed by atoms with E-state index in [9.17, 15) is 10.2 Å². The Morgan fingerprint density at radius 1 is 1.25 bits per heavy atom. The summed E-state index contributed by atoms with van der Waals surface area (Å²) < 4.78 is 0. The SMILES string of the molecule is CCCNC[C@@H](O)c1ccc(O)c(O)c1.Cl. The van der Waals surface area contributed by atoms with Crippen molar-refractivity contribution in [2.24, 2.45) is 0 Å². The average molecular weight is 248 g/mol. The van der Waals surface area contributed by atoms with Crippen LogP contribution in [0.25, 0.3) is 0 Å². The van der Waals surface area contributed by atoms with E-state index in [0.717, 1.165) is 13.0 Å². The summed E-state index contributed by atoms with van der Waals surface area (Å²) in [4.78, 5) is 0. The molecule has 0 spiro atoms. The van der Waals surface area contributed by atoms with Crippen LogP contribution >= 0.6 is 12.4 Å². The monoisotopic (exact) mass is 247 g/mol. The molecule has 1 rings (SSSR count). The number of hydrogen-bond donors (Lipinski definition) is 4. The summed E-state index contributed by atoms with van der Waals surface area (Å²) in [5, 5.41) is 31.1. The molecule has 92 valence electrons. The van der Waals surface area contributed by atoms with E-state index in [0.29, 0.717) is 12.1 Å². The number of rotatable bonds is 5. The van der Waals surface area contributed by atoms with Crippen LogP contribution in [-0.4, -0.2) is 28.4 Å². The minimum absolute atomic E-state index is 0. The second kappa shape index (κ2) is 7.33. The van der Waals surface area contributed by atoms with Gasteiger partial charge in [-0.05, 0) is 30.7 Å². The third kappa shape index (κ3) is 4.26. The summed E-state index contributed by atoms with van der Waals surface area (Å²) in [6.07, 6.45) is 0.344. The lowest BCUT2D eigenvalue weighted by Crippen LogP contribution is -2.21. The van der Waals surface area contributed by atoms with Crippen molar-refractivity contribution < 1.29 is 15.3 Å². The zero-order valence-corrected chi connectivity index (χ0v) is 10.00. The van der Waals surface area contributed by atoms with Crippen molar-refractivity contribution in [2.45, 2.75) is 19.4 Å². The van der Waals surface area contributed by atoms with E-state index in [2.05, 4.69) is 5.32 Å². The highest BCUT2D eigenvalue weighted by atomic mass is 35.5. The maximum absolute atomic E-state index is 9.71. The highest BCUT2D eigenvalue weighted by molar-refractivity contribution is 5.85. The van der Waals surface area contributed by atoms with E-state index >= 15 is 0 Å². The molecule has 4 nitrogen and oxygen atoms in total. The topological polar surface area (TPSA) is 72.7 Å². The lowest BCUT2D eigenvalue weighted by Gasteiger charge is -2.12. The fourth-order valence-corrected chi connectivity index (χ4v) is 1.28. The number of phenols is 2. The lowest BCUT2D eigenvalue weighted by molar-refractivity contribution is 0.174. The molecule has 1 atom stereocenters. The second-order valence-electron chi connectivity index (χ2n) is 3.47. The Morgan fingerprint density at radius 2 is 1.94 bits per heavy atom. The van der Waals surface area contributed by atoms with Gasteiger partial charge in [-0.2, -0.15) is 0 Å². The van der Waals surface area contributed by atoms with Gasteiger partial charge in [-0.1, -0.05) is 13.0 Å². The van der Waals surface area contributed by atoms with Gasteiger partial charge in [0.25, 0.3) is 0 Å². The van der Waals surface area contributed by atoms with E-state index in [-0.39, 0.29) is 23.9 Å². The van der Waals surface area contributed by atoms with Gasteiger partial charge in [0.1, 0.15) is 0 Å².